The zero-order chi connectivity index (χ0) is 21.2. The Kier molecular flexibility index (Phi) is 3.97. The van der Waals surface area contributed by atoms with Crippen molar-refractivity contribution in [2.75, 3.05) is 18.0 Å². The van der Waals surface area contributed by atoms with Crippen LogP contribution in [-0.2, 0) is 20.0 Å². The van der Waals surface area contributed by atoms with Crippen molar-refractivity contribution < 1.29 is 9.18 Å². The van der Waals surface area contributed by atoms with Gasteiger partial charge in [0.2, 0.25) is 5.95 Å². The summed E-state index contributed by atoms with van der Waals surface area (Å²) in [5.41, 5.74) is 3.50. The van der Waals surface area contributed by atoms with Crippen LogP contribution in [0.1, 0.15) is 52.6 Å². The van der Waals surface area contributed by atoms with E-state index in [-0.39, 0.29) is 18.5 Å². The van der Waals surface area contributed by atoms with Crippen LogP contribution >= 0.6 is 0 Å². The molecule has 1 amide bonds. The lowest BCUT2D eigenvalue weighted by Crippen LogP contribution is -2.48. The minimum atomic E-state index is -0.482. The summed E-state index contributed by atoms with van der Waals surface area (Å²) < 4.78 is 18.1. The highest BCUT2D eigenvalue weighted by atomic mass is 19.1. The third kappa shape index (κ3) is 3.19. The van der Waals surface area contributed by atoms with Gasteiger partial charge >= 0.3 is 0 Å². The van der Waals surface area contributed by atoms with E-state index in [1.54, 1.807) is 23.3 Å². The Morgan fingerprint density at radius 3 is 2.94 bits per heavy atom. The molecule has 0 bridgehead atoms. The van der Waals surface area contributed by atoms with Crippen molar-refractivity contribution in [3.8, 4) is 0 Å². The van der Waals surface area contributed by atoms with E-state index in [0.717, 1.165) is 37.3 Å². The third-order valence-electron chi connectivity index (χ3n) is 6.87. The number of anilines is 1. The topological polar surface area (TPSA) is 80.9 Å². The number of nitrogens with one attached hydrogen (secondary N) is 1. The quantitative estimate of drug-likeness (QED) is 0.639. The van der Waals surface area contributed by atoms with Crippen LogP contribution in [0.3, 0.4) is 0 Å². The molecular weight excluding hydrogens is 397 g/mol. The number of hydrogen-bond acceptors (Lipinski definition) is 5. The van der Waals surface area contributed by atoms with Gasteiger partial charge in [-0.15, -0.1) is 0 Å². The number of nitrogens with zero attached hydrogens (tertiary/aromatic N) is 6. The Labute approximate surface area is 179 Å². The number of imidazole rings is 1. The second-order valence-corrected chi connectivity index (χ2v) is 9.15. The van der Waals surface area contributed by atoms with Crippen molar-refractivity contribution in [2.24, 2.45) is 12.5 Å². The molecule has 2 aliphatic carbocycles. The van der Waals surface area contributed by atoms with Gasteiger partial charge in [-0.3, -0.25) is 9.48 Å². The number of rotatable bonds is 5. The summed E-state index contributed by atoms with van der Waals surface area (Å²) in [4.78, 5) is 23.4. The van der Waals surface area contributed by atoms with Gasteiger partial charge in [-0.1, -0.05) is 0 Å². The first-order chi connectivity index (χ1) is 15.0. The number of hydrogen-bond donors (Lipinski definition) is 1. The van der Waals surface area contributed by atoms with Crippen molar-refractivity contribution in [1.29, 1.82) is 0 Å². The molecule has 1 atom stereocenters. The van der Waals surface area contributed by atoms with Crippen molar-refractivity contribution in [2.45, 2.75) is 38.3 Å². The van der Waals surface area contributed by atoms with Gasteiger partial charge in [0.25, 0.3) is 5.91 Å². The van der Waals surface area contributed by atoms with E-state index in [0.29, 0.717) is 22.4 Å². The summed E-state index contributed by atoms with van der Waals surface area (Å²) in [6.45, 7) is 2.19. The summed E-state index contributed by atoms with van der Waals surface area (Å²) >= 11 is 0. The molecule has 8 nitrogen and oxygen atoms in total. The maximum Gasteiger partial charge on any atom is 0.255 e. The highest BCUT2D eigenvalue weighted by molar-refractivity contribution is 5.94. The largest absolute Gasteiger partial charge is 0.355 e. The standard InChI is InChI=1S/C22H24FN7O/c1-28-13-24-19-16(3-4-17(19)28)26-21(31)15-8-25-30(10-15)9-14-2-5-18(27-20(14)23)29-11-22(12-29)6-7-22/h2,5,8,10,13,16H,3-4,6-7,9,11-12H2,1H3,(H,26,31)/t16-/m1/s1. The second kappa shape index (κ2) is 6.63. The molecule has 0 aromatic carbocycles. The predicted molar refractivity (Wildman–Crippen MR) is 111 cm³/mol. The van der Waals surface area contributed by atoms with Crippen LogP contribution in [0.25, 0.3) is 0 Å². The highest BCUT2D eigenvalue weighted by Gasteiger charge is 2.52. The molecule has 160 valence electrons. The summed E-state index contributed by atoms with van der Waals surface area (Å²) in [6.07, 6.45) is 9.24. The first kappa shape index (κ1) is 18.5. The van der Waals surface area contributed by atoms with E-state index >= 15 is 0 Å². The van der Waals surface area contributed by atoms with Crippen LogP contribution in [0.4, 0.5) is 10.2 Å². The normalized spacial score (nSPS) is 20.6. The molecule has 3 aromatic rings. The zero-order valence-electron chi connectivity index (χ0n) is 17.4. The Hall–Kier alpha value is -3.23. The van der Waals surface area contributed by atoms with E-state index in [1.807, 2.05) is 17.7 Å². The average molecular weight is 421 g/mol. The number of pyridine rings is 1. The molecule has 2 fully saturated rings. The maximum absolute atomic E-state index is 14.6. The van der Waals surface area contributed by atoms with Gasteiger partial charge in [-0.25, -0.2) is 9.97 Å². The maximum atomic E-state index is 14.6. The fraction of sp³-hybridized carbons (Fsp3) is 0.455. The van der Waals surface area contributed by atoms with Gasteiger partial charge in [-0.2, -0.15) is 9.49 Å². The number of carbonyl (C=O) groups is 1. The number of amides is 1. The monoisotopic (exact) mass is 421 g/mol. The third-order valence-corrected chi connectivity index (χ3v) is 6.87. The molecule has 9 heteroatoms. The first-order valence-corrected chi connectivity index (χ1v) is 10.7. The van der Waals surface area contributed by atoms with E-state index in [2.05, 4.69) is 25.3 Å². The number of aryl methyl sites for hydroxylation is 1. The molecule has 1 aliphatic heterocycles. The smallest absolute Gasteiger partial charge is 0.255 e. The zero-order valence-corrected chi connectivity index (χ0v) is 17.4. The summed E-state index contributed by atoms with van der Waals surface area (Å²) in [5, 5.41) is 7.28. The average Bonchev–Trinajstić information content (AvgIpc) is 3.04. The Bertz CT molecular complexity index is 1170. The van der Waals surface area contributed by atoms with Gasteiger partial charge in [0, 0.05) is 43.0 Å². The van der Waals surface area contributed by atoms with E-state index < -0.39 is 5.95 Å². The van der Waals surface area contributed by atoms with E-state index in [1.165, 1.54) is 19.0 Å². The van der Waals surface area contributed by atoms with Crippen LogP contribution in [0, 0.1) is 11.4 Å². The van der Waals surface area contributed by atoms with Crippen molar-refractivity contribution >= 4 is 11.7 Å². The van der Waals surface area contributed by atoms with Crippen LogP contribution in [0.2, 0.25) is 0 Å². The molecule has 3 aliphatic rings. The molecular formula is C22H24FN7O. The Morgan fingerprint density at radius 2 is 2.16 bits per heavy atom. The molecule has 0 radical (unpaired) electrons. The molecule has 1 saturated heterocycles. The highest BCUT2D eigenvalue weighted by Crippen LogP contribution is 2.53. The van der Waals surface area contributed by atoms with Gasteiger partial charge in [0.05, 0.1) is 36.4 Å². The number of aromatic nitrogens is 5. The molecule has 6 rings (SSSR count). The van der Waals surface area contributed by atoms with Gasteiger partial charge < -0.3 is 14.8 Å². The summed E-state index contributed by atoms with van der Waals surface area (Å²) in [5.74, 6) is 0.0182. The molecule has 3 aromatic heterocycles. The van der Waals surface area contributed by atoms with Crippen LogP contribution in [-0.4, -0.2) is 43.3 Å². The van der Waals surface area contributed by atoms with Gasteiger partial charge in [0.1, 0.15) is 5.82 Å². The van der Waals surface area contributed by atoms with Crippen LogP contribution < -0.4 is 10.2 Å². The SMILES string of the molecule is Cn1cnc2c1CC[C@H]2NC(=O)c1cnn(Cc2ccc(N3CC4(CC4)C3)nc2F)c1. The van der Waals surface area contributed by atoms with Crippen LogP contribution in [0.15, 0.2) is 30.9 Å². The lowest BCUT2D eigenvalue weighted by molar-refractivity contribution is 0.0936. The summed E-state index contributed by atoms with van der Waals surface area (Å²) in [6, 6.07) is 3.55. The van der Waals surface area contributed by atoms with Crippen LogP contribution in [0.5, 0.6) is 0 Å². The van der Waals surface area contributed by atoms with E-state index in [4.69, 9.17) is 0 Å². The van der Waals surface area contributed by atoms with Gasteiger partial charge in [-0.05, 0) is 37.8 Å². The molecule has 4 heterocycles. The van der Waals surface area contributed by atoms with E-state index in [9.17, 15) is 9.18 Å². The lowest BCUT2D eigenvalue weighted by atomic mass is 9.97. The lowest BCUT2D eigenvalue weighted by Gasteiger charge is -2.40. The molecule has 31 heavy (non-hydrogen) atoms. The predicted octanol–water partition coefficient (Wildman–Crippen LogP) is 2.22. The Balaban J connectivity index is 1.11. The fourth-order valence-electron chi connectivity index (χ4n) is 4.78. The number of carbonyl (C=O) groups excluding carboxylic acids is 1. The molecule has 0 unspecified atom stereocenters. The fourth-order valence-corrected chi connectivity index (χ4v) is 4.78. The van der Waals surface area contributed by atoms with Gasteiger partial charge in [0.15, 0.2) is 0 Å². The first-order valence-electron chi connectivity index (χ1n) is 10.7. The minimum Gasteiger partial charge on any atom is -0.355 e. The number of halogens is 1. The number of fused-ring (bicyclic) bond motifs is 1. The second-order valence-electron chi connectivity index (χ2n) is 9.15. The Morgan fingerprint density at radius 1 is 1.32 bits per heavy atom. The van der Waals surface area contributed by atoms with Crippen molar-refractivity contribution in [3.63, 3.8) is 0 Å². The summed E-state index contributed by atoms with van der Waals surface area (Å²) in [7, 11) is 1.97. The van der Waals surface area contributed by atoms with Crippen molar-refractivity contribution in [1.82, 2.24) is 29.6 Å². The van der Waals surface area contributed by atoms with Crippen molar-refractivity contribution in [3.05, 3.63) is 59.3 Å². The molecule has 1 spiro atoms. The molecule has 1 N–H and O–H groups in total. The minimum absolute atomic E-state index is 0.0856. The molecule has 1 saturated carbocycles.